The number of ether oxygens (including phenoxy) is 1. The lowest BCUT2D eigenvalue weighted by molar-refractivity contribution is -0.127. The van der Waals surface area contributed by atoms with Gasteiger partial charge in [-0.1, -0.05) is 18.2 Å². The van der Waals surface area contributed by atoms with Crippen LogP contribution in [0.4, 0.5) is 0 Å². The number of amides is 1. The zero-order chi connectivity index (χ0) is 12.3. The van der Waals surface area contributed by atoms with Crippen LogP contribution in [0.15, 0.2) is 24.3 Å². The van der Waals surface area contributed by atoms with Gasteiger partial charge >= 0.3 is 0 Å². The van der Waals surface area contributed by atoms with Crippen LogP contribution in [0.5, 0.6) is 5.75 Å². The molecule has 17 heavy (non-hydrogen) atoms. The molecule has 1 aliphatic rings. The van der Waals surface area contributed by atoms with Gasteiger partial charge in [0.05, 0.1) is 19.6 Å². The molecule has 1 aromatic carbocycles. The second kappa shape index (κ2) is 5.19. The average molecular weight is 235 g/mol. The van der Waals surface area contributed by atoms with Gasteiger partial charge < -0.3 is 14.7 Å². The Hall–Kier alpha value is -1.55. The number of benzene rings is 1. The van der Waals surface area contributed by atoms with Crippen molar-refractivity contribution in [3.63, 3.8) is 0 Å². The summed E-state index contributed by atoms with van der Waals surface area (Å²) in [5.74, 6) is 0.882. The highest BCUT2D eigenvalue weighted by molar-refractivity contribution is 5.79. The lowest BCUT2D eigenvalue weighted by atomic mass is 10.1. The number of para-hydroxylation sites is 1. The van der Waals surface area contributed by atoms with Crippen LogP contribution >= 0.6 is 0 Å². The van der Waals surface area contributed by atoms with Crippen molar-refractivity contribution in [3.05, 3.63) is 29.8 Å². The number of aliphatic hydroxyl groups excluding tert-OH is 1. The predicted molar refractivity (Wildman–Crippen MR) is 63.9 cm³/mol. The minimum absolute atomic E-state index is 0.0346. The van der Waals surface area contributed by atoms with E-state index in [1.165, 1.54) is 0 Å². The molecule has 0 saturated carbocycles. The Labute approximate surface area is 101 Å². The van der Waals surface area contributed by atoms with Gasteiger partial charge in [-0.25, -0.2) is 0 Å². The first kappa shape index (κ1) is 11.9. The Balaban J connectivity index is 1.96. The van der Waals surface area contributed by atoms with E-state index in [9.17, 15) is 9.90 Å². The number of β-amino-alcohol motifs (C(OH)–C–C–N with tert-alkyl or cyclic N) is 1. The van der Waals surface area contributed by atoms with Crippen molar-refractivity contribution in [1.82, 2.24) is 4.90 Å². The van der Waals surface area contributed by atoms with Crippen LogP contribution in [0.25, 0.3) is 0 Å². The highest BCUT2D eigenvalue weighted by Gasteiger charge is 2.27. The third-order valence-corrected chi connectivity index (χ3v) is 3.04. The Morgan fingerprint density at radius 3 is 2.88 bits per heavy atom. The van der Waals surface area contributed by atoms with E-state index in [0.717, 1.165) is 17.7 Å². The van der Waals surface area contributed by atoms with Gasteiger partial charge in [0.2, 0.25) is 5.91 Å². The Bertz CT molecular complexity index is 405. The van der Waals surface area contributed by atoms with E-state index in [1.807, 2.05) is 24.3 Å². The molecule has 0 bridgehead atoms. The molecule has 1 N–H and O–H groups in total. The zero-order valence-corrected chi connectivity index (χ0v) is 9.93. The molecule has 1 atom stereocenters. The maximum Gasteiger partial charge on any atom is 0.225 e. The number of likely N-dealkylation sites (tertiary alicyclic amines) is 1. The molecule has 1 saturated heterocycles. The van der Waals surface area contributed by atoms with E-state index >= 15 is 0 Å². The van der Waals surface area contributed by atoms with Crippen LogP contribution in [-0.2, 0) is 11.2 Å². The Kier molecular flexibility index (Phi) is 3.64. The summed E-state index contributed by atoms with van der Waals surface area (Å²) < 4.78 is 5.26. The fraction of sp³-hybridized carbons (Fsp3) is 0.462. The fourth-order valence-corrected chi connectivity index (χ4v) is 2.13. The summed E-state index contributed by atoms with van der Waals surface area (Å²) in [6, 6.07) is 7.79. The normalized spacial score (nSPS) is 19.8. The van der Waals surface area contributed by atoms with E-state index in [4.69, 9.17) is 4.74 Å². The van der Waals surface area contributed by atoms with Gasteiger partial charge in [0.1, 0.15) is 5.75 Å². The summed E-state index contributed by atoms with van der Waals surface area (Å²) in [6.45, 7) is 1.09. The first-order valence-corrected chi connectivity index (χ1v) is 5.78. The molecule has 0 radical (unpaired) electrons. The quantitative estimate of drug-likeness (QED) is 0.841. The van der Waals surface area contributed by atoms with Crippen molar-refractivity contribution >= 4 is 5.91 Å². The molecule has 92 valence electrons. The summed E-state index contributed by atoms with van der Waals surface area (Å²) in [6.07, 6.45) is 0.508. The van der Waals surface area contributed by atoms with Crippen molar-refractivity contribution in [3.8, 4) is 5.75 Å². The van der Waals surface area contributed by atoms with Crippen LogP contribution in [0.2, 0.25) is 0 Å². The van der Waals surface area contributed by atoms with E-state index in [-0.39, 0.29) is 12.3 Å². The summed E-state index contributed by atoms with van der Waals surface area (Å²) in [7, 11) is 1.64. The van der Waals surface area contributed by atoms with Crippen LogP contribution < -0.4 is 4.74 Å². The minimum atomic E-state index is -0.500. The monoisotopic (exact) mass is 235 g/mol. The molecule has 1 fully saturated rings. The molecule has 0 aliphatic carbocycles. The van der Waals surface area contributed by atoms with Gasteiger partial charge in [0.25, 0.3) is 0 Å². The molecule has 4 nitrogen and oxygen atoms in total. The number of methoxy groups -OCH3 is 1. The Morgan fingerprint density at radius 1 is 1.47 bits per heavy atom. The van der Waals surface area contributed by atoms with Crippen molar-refractivity contribution in [2.75, 3.05) is 20.2 Å². The van der Waals surface area contributed by atoms with Crippen LogP contribution in [0.3, 0.4) is 0 Å². The number of hydrogen-bond donors (Lipinski definition) is 1. The molecule has 1 aliphatic heterocycles. The average Bonchev–Trinajstić information content (AvgIpc) is 2.65. The smallest absolute Gasteiger partial charge is 0.225 e. The SMILES string of the molecule is COc1ccccc1CCN1CC(O)CC1=O. The fourth-order valence-electron chi connectivity index (χ4n) is 2.13. The number of carbonyl (C=O) groups excluding carboxylic acids is 1. The predicted octanol–water partition coefficient (Wildman–Crippen LogP) is 0.831. The molecule has 4 heteroatoms. The maximum absolute atomic E-state index is 11.5. The maximum atomic E-state index is 11.5. The van der Waals surface area contributed by atoms with E-state index in [0.29, 0.717) is 13.1 Å². The second-order valence-corrected chi connectivity index (χ2v) is 4.26. The van der Waals surface area contributed by atoms with E-state index < -0.39 is 6.10 Å². The third-order valence-electron chi connectivity index (χ3n) is 3.04. The van der Waals surface area contributed by atoms with Crippen molar-refractivity contribution in [2.24, 2.45) is 0 Å². The van der Waals surface area contributed by atoms with Crippen molar-refractivity contribution < 1.29 is 14.6 Å². The van der Waals surface area contributed by atoms with Crippen LogP contribution in [0.1, 0.15) is 12.0 Å². The molecular formula is C13H17NO3. The number of hydrogen-bond acceptors (Lipinski definition) is 3. The first-order valence-electron chi connectivity index (χ1n) is 5.78. The van der Waals surface area contributed by atoms with Gasteiger partial charge in [-0.15, -0.1) is 0 Å². The van der Waals surface area contributed by atoms with Gasteiger partial charge in [-0.2, -0.15) is 0 Å². The topological polar surface area (TPSA) is 49.8 Å². The van der Waals surface area contributed by atoms with Gasteiger partial charge in [0, 0.05) is 13.1 Å². The highest BCUT2D eigenvalue weighted by atomic mass is 16.5. The second-order valence-electron chi connectivity index (χ2n) is 4.26. The van der Waals surface area contributed by atoms with Crippen LogP contribution in [0, 0.1) is 0 Å². The van der Waals surface area contributed by atoms with E-state index in [1.54, 1.807) is 12.0 Å². The third kappa shape index (κ3) is 2.77. The zero-order valence-electron chi connectivity index (χ0n) is 9.93. The molecule has 0 spiro atoms. The van der Waals surface area contributed by atoms with Crippen LogP contribution in [-0.4, -0.2) is 42.2 Å². The summed E-state index contributed by atoms with van der Waals surface area (Å²) in [4.78, 5) is 13.2. The number of carbonyl (C=O) groups is 1. The highest BCUT2D eigenvalue weighted by Crippen LogP contribution is 2.19. The lowest BCUT2D eigenvalue weighted by Gasteiger charge is -2.16. The Morgan fingerprint density at radius 2 is 2.24 bits per heavy atom. The molecule has 1 heterocycles. The van der Waals surface area contributed by atoms with Gasteiger partial charge in [-0.3, -0.25) is 4.79 Å². The number of rotatable bonds is 4. The molecule has 1 aromatic rings. The number of nitrogens with zero attached hydrogens (tertiary/aromatic N) is 1. The van der Waals surface area contributed by atoms with Crippen molar-refractivity contribution in [2.45, 2.75) is 18.9 Å². The summed E-state index contributed by atoms with van der Waals surface area (Å²) in [5, 5.41) is 9.38. The molecular weight excluding hydrogens is 218 g/mol. The van der Waals surface area contributed by atoms with Gasteiger partial charge in [-0.05, 0) is 18.1 Å². The lowest BCUT2D eigenvalue weighted by Crippen LogP contribution is -2.28. The molecule has 1 unspecified atom stereocenters. The van der Waals surface area contributed by atoms with Crippen molar-refractivity contribution in [1.29, 1.82) is 0 Å². The largest absolute Gasteiger partial charge is 0.496 e. The minimum Gasteiger partial charge on any atom is -0.496 e. The number of aliphatic hydroxyl groups is 1. The standard InChI is InChI=1S/C13H17NO3/c1-17-12-5-3-2-4-10(12)6-7-14-9-11(15)8-13(14)16/h2-5,11,15H,6-9H2,1H3. The first-order chi connectivity index (χ1) is 8.20. The molecule has 2 rings (SSSR count). The van der Waals surface area contributed by atoms with E-state index in [2.05, 4.69) is 0 Å². The molecule has 0 aromatic heterocycles. The summed E-state index contributed by atoms with van der Waals surface area (Å²) in [5.41, 5.74) is 1.09. The molecule has 1 amide bonds. The van der Waals surface area contributed by atoms with Gasteiger partial charge in [0.15, 0.2) is 0 Å². The summed E-state index contributed by atoms with van der Waals surface area (Å²) >= 11 is 0.